The number of anilines is 1. The van der Waals surface area contributed by atoms with E-state index in [1.54, 1.807) is 0 Å². The number of fused-ring (bicyclic) bond motifs is 1. The van der Waals surface area contributed by atoms with Gasteiger partial charge in [-0.15, -0.1) is 0 Å². The Bertz CT molecular complexity index is 1590. The average molecular weight is 655 g/mol. The number of carbonyl (C=O) groups is 3. The zero-order valence-electron chi connectivity index (χ0n) is 26.5. The molecule has 2 heterocycles. The van der Waals surface area contributed by atoms with E-state index in [-0.39, 0.29) is 0 Å². The van der Waals surface area contributed by atoms with Gasteiger partial charge in [-0.3, -0.25) is 14.9 Å². The van der Waals surface area contributed by atoms with Crippen LogP contribution in [0.1, 0.15) is 29.5 Å². The Kier molecular flexibility index (Phi) is 11.9. The molecule has 3 aromatic carbocycles. The van der Waals surface area contributed by atoms with Crippen molar-refractivity contribution >= 4 is 23.7 Å². The van der Waals surface area contributed by atoms with Crippen LogP contribution in [0.4, 0.5) is 10.5 Å². The molecule has 1 fully saturated rings. The number of carbonyl (C=O) groups excluding carboxylic acids is 3. The lowest BCUT2D eigenvalue weighted by atomic mass is 9.92. The van der Waals surface area contributed by atoms with E-state index in [0.29, 0.717) is 36.9 Å². The maximum atomic E-state index is 13.9. The molecule has 7 atom stereocenters. The summed E-state index contributed by atoms with van der Waals surface area (Å²) in [5, 5.41) is 22.0. The van der Waals surface area contributed by atoms with Gasteiger partial charge in [0.1, 0.15) is 6.10 Å². The van der Waals surface area contributed by atoms with Crippen LogP contribution >= 0.6 is 0 Å². The van der Waals surface area contributed by atoms with Crippen molar-refractivity contribution in [2.24, 2.45) is 11.8 Å². The maximum absolute atomic E-state index is 13.9. The number of amides is 1. The summed E-state index contributed by atoms with van der Waals surface area (Å²) in [6.45, 7) is -0.629. The molecule has 11 nitrogen and oxygen atoms in total. The Hall–Kier alpha value is -5.02. The number of benzene rings is 3. The molecule has 1 amide bonds. The molecule has 3 aromatic rings. The predicted molar refractivity (Wildman–Crippen MR) is 173 cm³/mol. The van der Waals surface area contributed by atoms with E-state index in [1.807, 2.05) is 78.9 Å². The number of nitrogens with zero attached hydrogens (tertiary/aromatic N) is 1. The first-order chi connectivity index (χ1) is 23.4. The van der Waals surface area contributed by atoms with Gasteiger partial charge in [-0.2, -0.15) is 5.26 Å². The quantitative estimate of drug-likeness (QED) is 0.198. The topological polar surface area (TPSA) is 153 Å². The predicted octanol–water partition coefficient (Wildman–Crippen LogP) is 4.73. The molecule has 11 heteroatoms. The Morgan fingerprint density at radius 3 is 1.90 bits per heavy atom. The number of nitrogens with one attached hydrogen (secondary N) is 1. The molecule has 0 spiro atoms. The first kappa shape index (κ1) is 34.3. The summed E-state index contributed by atoms with van der Waals surface area (Å²) in [7, 11) is 1.34. The van der Waals surface area contributed by atoms with Crippen LogP contribution in [0.3, 0.4) is 0 Å². The summed E-state index contributed by atoms with van der Waals surface area (Å²) in [6.07, 6.45) is -2.35. The van der Waals surface area contributed by atoms with Gasteiger partial charge in [0.2, 0.25) is 0 Å². The second-order valence-corrected chi connectivity index (χ2v) is 11.7. The summed E-state index contributed by atoms with van der Waals surface area (Å²) >= 11 is 0. The van der Waals surface area contributed by atoms with E-state index in [0.717, 1.165) is 11.1 Å². The molecule has 2 aliphatic heterocycles. The lowest BCUT2D eigenvalue weighted by molar-refractivity contribution is -0.300. The summed E-state index contributed by atoms with van der Waals surface area (Å²) in [5.41, 5.74) is 2.60. The summed E-state index contributed by atoms with van der Waals surface area (Å²) in [4.78, 5) is 40.9. The van der Waals surface area contributed by atoms with Crippen LogP contribution < -0.4 is 5.32 Å². The molecular formula is C37H38N2O9. The minimum atomic E-state index is -1.40. The van der Waals surface area contributed by atoms with E-state index < -0.39 is 67.2 Å². The monoisotopic (exact) mass is 654 g/mol. The largest absolute Gasteiger partial charge is 0.454 e. The number of ether oxygens (including phenoxy) is 5. The lowest BCUT2D eigenvalue weighted by Gasteiger charge is -2.44. The van der Waals surface area contributed by atoms with Gasteiger partial charge in [-0.1, -0.05) is 72.8 Å². The molecule has 0 unspecified atom stereocenters. The highest BCUT2D eigenvalue weighted by Gasteiger charge is 2.53. The summed E-state index contributed by atoms with van der Waals surface area (Å²) in [5.74, 6) is -2.41. The number of aliphatic hydroxyl groups is 1. The van der Waals surface area contributed by atoms with Crippen LogP contribution in [0.15, 0.2) is 97.1 Å². The van der Waals surface area contributed by atoms with Gasteiger partial charge in [-0.25, -0.2) is 4.79 Å². The fourth-order valence-corrected chi connectivity index (χ4v) is 5.82. The highest BCUT2D eigenvalue weighted by atomic mass is 16.7. The van der Waals surface area contributed by atoms with Crippen molar-refractivity contribution in [3.63, 3.8) is 0 Å². The first-order valence-corrected chi connectivity index (χ1v) is 15.8. The molecule has 48 heavy (non-hydrogen) atoms. The Morgan fingerprint density at radius 2 is 1.40 bits per heavy atom. The number of rotatable bonds is 8. The van der Waals surface area contributed by atoms with Crippen LogP contribution in [0.25, 0.3) is 0 Å². The molecule has 0 bridgehead atoms. The number of esters is 2. The van der Waals surface area contributed by atoms with Crippen LogP contribution in [0.5, 0.6) is 0 Å². The van der Waals surface area contributed by atoms with Crippen LogP contribution in [-0.4, -0.2) is 67.6 Å². The van der Waals surface area contributed by atoms with Crippen molar-refractivity contribution in [1.29, 1.82) is 5.26 Å². The molecule has 2 N–H and O–H groups in total. The minimum Gasteiger partial charge on any atom is -0.454 e. The first-order valence-electron chi connectivity index (χ1n) is 15.8. The van der Waals surface area contributed by atoms with Crippen molar-refractivity contribution in [1.82, 2.24) is 0 Å². The van der Waals surface area contributed by atoms with E-state index in [9.17, 15) is 19.5 Å². The van der Waals surface area contributed by atoms with E-state index >= 15 is 0 Å². The van der Waals surface area contributed by atoms with Crippen LogP contribution in [0, 0.1) is 23.2 Å². The SMILES string of the molecule is CO[C@H]1O[C@H](CO)[C@@H](OC(=O)Nc2ccc(C#N)cc2)[C@@H]2OC(=O)[C@@H](Cc3ccccc3)C/C=C\C[C@H](Cc3ccccc3)C(=O)O[C@@H]12. The molecule has 0 saturated carbocycles. The van der Waals surface area contributed by atoms with E-state index in [4.69, 9.17) is 28.9 Å². The highest BCUT2D eigenvalue weighted by molar-refractivity contribution is 5.85. The zero-order valence-corrected chi connectivity index (χ0v) is 26.5. The molecule has 0 radical (unpaired) electrons. The molecule has 0 aliphatic carbocycles. The Labute approximate surface area is 279 Å². The van der Waals surface area contributed by atoms with Crippen molar-refractivity contribution in [2.75, 3.05) is 19.0 Å². The number of hydrogen-bond acceptors (Lipinski definition) is 10. The van der Waals surface area contributed by atoms with Gasteiger partial charge in [0, 0.05) is 12.8 Å². The number of nitriles is 1. The minimum absolute atomic E-state index is 0.330. The highest BCUT2D eigenvalue weighted by Crippen LogP contribution is 2.32. The van der Waals surface area contributed by atoms with Crippen LogP contribution in [0.2, 0.25) is 0 Å². The maximum Gasteiger partial charge on any atom is 0.412 e. The van der Waals surface area contributed by atoms with Crippen molar-refractivity contribution in [3.8, 4) is 6.07 Å². The number of allylic oxidation sites excluding steroid dienone is 2. The van der Waals surface area contributed by atoms with Gasteiger partial charge in [0.05, 0.1) is 30.1 Å². The van der Waals surface area contributed by atoms with Gasteiger partial charge < -0.3 is 28.8 Å². The van der Waals surface area contributed by atoms with Gasteiger partial charge >= 0.3 is 18.0 Å². The molecule has 5 rings (SSSR count). The van der Waals surface area contributed by atoms with Crippen molar-refractivity contribution < 1.29 is 43.2 Å². The fourth-order valence-electron chi connectivity index (χ4n) is 5.82. The fraction of sp³-hybridized carbons (Fsp3) is 0.351. The zero-order chi connectivity index (χ0) is 33.9. The number of methoxy groups -OCH3 is 1. The smallest absolute Gasteiger partial charge is 0.412 e. The van der Waals surface area contributed by atoms with Crippen LogP contribution in [-0.2, 0) is 46.1 Å². The van der Waals surface area contributed by atoms with Crippen molar-refractivity contribution in [3.05, 3.63) is 114 Å². The van der Waals surface area contributed by atoms with Gasteiger partial charge in [0.15, 0.2) is 24.6 Å². The van der Waals surface area contributed by atoms with Gasteiger partial charge in [0.25, 0.3) is 0 Å². The van der Waals surface area contributed by atoms with E-state index in [2.05, 4.69) is 5.32 Å². The third kappa shape index (κ3) is 8.86. The third-order valence-corrected chi connectivity index (χ3v) is 8.34. The second kappa shape index (κ2) is 16.7. The van der Waals surface area contributed by atoms with Gasteiger partial charge in [-0.05, 0) is 61.1 Å². The standard InChI is InChI=1S/C37H38N2O9/c1-44-36-33-32(31(30(23-40)45-36)48-37(43)39-29-18-16-26(22-38)17-19-29)46-34(41)27(20-24-10-4-2-5-11-24)14-8-9-15-28(35(42)47-33)21-25-12-6-3-7-13-25/h2-13,16-19,27-28,30-33,36,40H,14-15,20-21,23H2,1H3,(H,39,43)/b9-8-/t27-,28-,30-,31-,32+,33-,36+/m1/s1. The second-order valence-electron chi connectivity index (χ2n) is 11.7. The Balaban J connectivity index is 1.48. The Morgan fingerprint density at radius 1 is 0.854 bits per heavy atom. The normalized spacial score (nSPS) is 26.6. The average Bonchev–Trinajstić information content (AvgIpc) is 3.11. The molecule has 1 saturated heterocycles. The third-order valence-electron chi connectivity index (χ3n) is 8.34. The lowest BCUT2D eigenvalue weighted by Crippen LogP contribution is -2.63. The van der Waals surface area contributed by atoms with Crippen molar-refractivity contribution in [2.45, 2.75) is 56.4 Å². The summed E-state index contributed by atoms with van der Waals surface area (Å²) < 4.78 is 29.4. The summed E-state index contributed by atoms with van der Waals surface area (Å²) in [6, 6.07) is 27.2. The molecule has 250 valence electrons. The molecule has 2 aliphatic rings. The number of aliphatic hydroxyl groups excluding tert-OH is 1. The molecule has 0 aromatic heterocycles. The number of hydrogen-bond donors (Lipinski definition) is 2. The molecular weight excluding hydrogens is 616 g/mol. The van der Waals surface area contributed by atoms with E-state index in [1.165, 1.54) is 31.4 Å².